The number of ether oxygens (including phenoxy) is 2. The van der Waals surface area contributed by atoms with Gasteiger partial charge in [-0.25, -0.2) is 9.59 Å². The van der Waals surface area contributed by atoms with Gasteiger partial charge in [-0.2, -0.15) is 11.8 Å². The van der Waals surface area contributed by atoms with E-state index in [1.165, 1.54) is 13.2 Å². The summed E-state index contributed by atoms with van der Waals surface area (Å²) in [6.07, 6.45) is 1.79. The van der Waals surface area contributed by atoms with E-state index in [1.807, 2.05) is 6.26 Å². The quantitative estimate of drug-likeness (QED) is 0.696. The molecule has 0 aliphatic rings. The first-order chi connectivity index (χ1) is 11.5. The van der Waals surface area contributed by atoms with E-state index in [-0.39, 0.29) is 6.61 Å². The zero-order valence-electron chi connectivity index (χ0n) is 14.0. The fourth-order valence-electron chi connectivity index (χ4n) is 1.89. The van der Waals surface area contributed by atoms with Crippen LogP contribution >= 0.6 is 11.8 Å². The smallest absolute Gasteiger partial charge is 0.411 e. The maximum atomic E-state index is 12.3. The molecule has 8 heteroatoms. The molecule has 0 aliphatic carbocycles. The van der Waals surface area contributed by atoms with E-state index in [0.29, 0.717) is 23.4 Å². The van der Waals surface area contributed by atoms with Crippen molar-refractivity contribution in [3.8, 4) is 0 Å². The molecule has 1 atom stereocenters. The minimum atomic E-state index is -0.711. The van der Waals surface area contributed by atoms with Gasteiger partial charge >= 0.3 is 12.1 Å². The normalized spacial score (nSPS) is 11.3. The van der Waals surface area contributed by atoms with Crippen molar-refractivity contribution in [3.05, 3.63) is 29.8 Å². The predicted octanol–water partition coefficient (Wildman–Crippen LogP) is 2.28. The third-order valence-electron chi connectivity index (χ3n) is 3.05. The molecule has 0 saturated heterocycles. The number of anilines is 1. The van der Waals surface area contributed by atoms with Crippen LogP contribution in [0, 0.1) is 0 Å². The van der Waals surface area contributed by atoms with E-state index in [2.05, 4.69) is 10.6 Å². The lowest BCUT2D eigenvalue weighted by Crippen LogP contribution is -2.41. The number of hydrogen-bond acceptors (Lipinski definition) is 6. The number of thioether (sulfide) groups is 1. The molecule has 0 unspecified atom stereocenters. The third kappa shape index (κ3) is 6.49. The Morgan fingerprint density at radius 1 is 1.29 bits per heavy atom. The number of methoxy groups -OCH3 is 1. The van der Waals surface area contributed by atoms with Crippen LogP contribution in [-0.2, 0) is 14.3 Å². The van der Waals surface area contributed by atoms with Crippen LogP contribution in [0.15, 0.2) is 24.3 Å². The van der Waals surface area contributed by atoms with E-state index in [4.69, 9.17) is 9.47 Å². The minimum absolute atomic E-state index is 0.252. The molecule has 2 amide bonds. The van der Waals surface area contributed by atoms with Crippen molar-refractivity contribution in [1.82, 2.24) is 5.32 Å². The van der Waals surface area contributed by atoms with E-state index in [0.717, 1.165) is 0 Å². The van der Waals surface area contributed by atoms with Crippen LogP contribution < -0.4 is 10.6 Å². The Labute approximate surface area is 145 Å². The highest BCUT2D eigenvalue weighted by Gasteiger charge is 2.21. The van der Waals surface area contributed by atoms with Crippen molar-refractivity contribution in [3.63, 3.8) is 0 Å². The highest BCUT2D eigenvalue weighted by Crippen LogP contribution is 2.12. The highest BCUT2D eigenvalue weighted by atomic mass is 32.2. The third-order valence-corrected chi connectivity index (χ3v) is 3.69. The summed E-state index contributed by atoms with van der Waals surface area (Å²) in [5.74, 6) is -0.193. The van der Waals surface area contributed by atoms with Gasteiger partial charge in [-0.1, -0.05) is 6.07 Å². The second-order valence-corrected chi connectivity index (χ2v) is 5.74. The lowest BCUT2D eigenvalue weighted by atomic mass is 10.1. The number of hydrogen-bond donors (Lipinski definition) is 2. The molecule has 1 rings (SSSR count). The number of rotatable bonds is 8. The first-order valence-corrected chi connectivity index (χ1v) is 8.82. The maximum Gasteiger partial charge on any atom is 0.411 e. The van der Waals surface area contributed by atoms with Crippen LogP contribution in [-0.4, -0.2) is 49.7 Å². The summed E-state index contributed by atoms with van der Waals surface area (Å²) < 4.78 is 9.50. The first-order valence-electron chi connectivity index (χ1n) is 7.43. The zero-order valence-corrected chi connectivity index (χ0v) is 14.8. The number of carbonyl (C=O) groups excluding carboxylic acids is 3. The Bertz CT molecular complexity index is 579. The average Bonchev–Trinajstić information content (AvgIpc) is 2.58. The van der Waals surface area contributed by atoms with Crippen molar-refractivity contribution in [1.29, 1.82) is 0 Å². The molecule has 0 bridgehead atoms. The Hall–Kier alpha value is -2.22. The van der Waals surface area contributed by atoms with Gasteiger partial charge in [-0.3, -0.25) is 10.1 Å². The molecule has 132 valence electrons. The van der Waals surface area contributed by atoms with Crippen molar-refractivity contribution >= 4 is 35.4 Å². The summed E-state index contributed by atoms with van der Waals surface area (Å²) in [6.45, 7) is 1.95. The molecule has 24 heavy (non-hydrogen) atoms. The molecule has 0 spiro atoms. The second kappa shape index (κ2) is 10.5. The van der Waals surface area contributed by atoms with Crippen molar-refractivity contribution in [2.24, 2.45) is 0 Å². The van der Waals surface area contributed by atoms with Gasteiger partial charge in [-0.15, -0.1) is 0 Å². The summed E-state index contributed by atoms with van der Waals surface area (Å²) in [5, 5.41) is 5.18. The van der Waals surface area contributed by atoms with E-state index < -0.39 is 24.0 Å². The summed E-state index contributed by atoms with van der Waals surface area (Å²) >= 11 is 1.57. The largest absolute Gasteiger partial charge is 0.467 e. The van der Waals surface area contributed by atoms with E-state index in [9.17, 15) is 14.4 Å². The van der Waals surface area contributed by atoms with Gasteiger partial charge in [0.1, 0.15) is 6.04 Å². The Balaban J connectivity index is 2.78. The summed E-state index contributed by atoms with van der Waals surface area (Å²) in [5.41, 5.74) is 0.752. The molecule has 2 N–H and O–H groups in total. The van der Waals surface area contributed by atoms with Crippen molar-refractivity contribution in [2.45, 2.75) is 19.4 Å². The summed E-state index contributed by atoms with van der Waals surface area (Å²) in [4.78, 5) is 35.5. The van der Waals surface area contributed by atoms with Crippen molar-refractivity contribution < 1.29 is 23.9 Å². The van der Waals surface area contributed by atoms with Crippen LogP contribution in [0.2, 0.25) is 0 Å². The highest BCUT2D eigenvalue weighted by molar-refractivity contribution is 7.98. The number of nitrogens with one attached hydrogen (secondary N) is 2. The van der Waals surface area contributed by atoms with Gasteiger partial charge in [0.25, 0.3) is 5.91 Å². The molecule has 0 aromatic heterocycles. The van der Waals surface area contributed by atoms with Gasteiger partial charge < -0.3 is 14.8 Å². The van der Waals surface area contributed by atoms with Gasteiger partial charge in [0, 0.05) is 11.3 Å². The molecule has 1 aromatic carbocycles. The number of benzene rings is 1. The molecule has 1 aromatic rings. The minimum Gasteiger partial charge on any atom is -0.467 e. The second-order valence-electron chi connectivity index (χ2n) is 4.76. The predicted molar refractivity (Wildman–Crippen MR) is 93.4 cm³/mol. The standard InChI is InChI=1S/C16H22N2O5S/c1-4-23-16(21)17-12-7-5-6-11(10-12)14(19)18-13(8-9-24-3)15(20)22-2/h5-7,10,13H,4,8-9H2,1-3H3,(H,17,21)(H,18,19)/t13-/m1/s1. The molecule has 0 heterocycles. The molecule has 0 radical (unpaired) electrons. The van der Waals surface area contributed by atoms with Crippen molar-refractivity contribution in [2.75, 3.05) is 31.0 Å². The van der Waals surface area contributed by atoms with Crippen LogP contribution in [0.4, 0.5) is 10.5 Å². The average molecular weight is 354 g/mol. The number of esters is 1. The fraction of sp³-hybridized carbons (Fsp3) is 0.438. The molecular formula is C16H22N2O5S. The molecule has 0 fully saturated rings. The number of carbonyl (C=O) groups is 3. The van der Waals surface area contributed by atoms with Crippen LogP contribution in [0.5, 0.6) is 0 Å². The molecular weight excluding hydrogens is 332 g/mol. The number of amides is 2. The monoisotopic (exact) mass is 354 g/mol. The van der Waals surface area contributed by atoms with E-state index >= 15 is 0 Å². The van der Waals surface area contributed by atoms with Gasteiger partial charge in [-0.05, 0) is 43.6 Å². The fourth-order valence-corrected chi connectivity index (χ4v) is 2.36. The van der Waals surface area contributed by atoms with Crippen LogP contribution in [0.25, 0.3) is 0 Å². The maximum absolute atomic E-state index is 12.3. The van der Waals surface area contributed by atoms with Crippen LogP contribution in [0.1, 0.15) is 23.7 Å². The first kappa shape index (κ1) is 19.8. The lowest BCUT2D eigenvalue weighted by Gasteiger charge is -2.16. The Morgan fingerprint density at radius 3 is 2.67 bits per heavy atom. The Morgan fingerprint density at radius 2 is 2.04 bits per heavy atom. The van der Waals surface area contributed by atoms with Gasteiger partial charge in [0.15, 0.2) is 0 Å². The summed E-state index contributed by atoms with van der Waals surface area (Å²) in [6, 6.07) is 5.66. The molecule has 7 nitrogen and oxygen atoms in total. The Kier molecular flexibility index (Phi) is 8.70. The van der Waals surface area contributed by atoms with Gasteiger partial charge in [0.2, 0.25) is 0 Å². The SMILES string of the molecule is CCOC(=O)Nc1cccc(C(=O)N[C@H](CCSC)C(=O)OC)c1. The van der Waals surface area contributed by atoms with Gasteiger partial charge in [0.05, 0.1) is 13.7 Å². The van der Waals surface area contributed by atoms with E-state index in [1.54, 1.807) is 36.9 Å². The van der Waals surface area contributed by atoms with Crippen LogP contribution in [0.3, 0.4) is 0 Å². The molecule has 0 saturated carbocycles. The zero-order chi connectivity index (χ0) is 17.9. The molecule has 0 aliphatic heterocycles. The lowest BCUT2D eigenvalue weighted by molar-refractivity contribution is -0.142. The topological polar surface area (TPSA) is 93.7 Å². The summed E-state index contributed by atoms with van der Waals surface area (Å²) in [7, 11) is 1.28.